The summed E-state index contributed by atoms with van der Waals surface area (Å²) in [5.41, 5.74) is 0.150. The Labute approximate surface area is 219 Å². The lowest BCUT2D eigenvalue weighted by Gasteiger charge is -2.15. The predicted octanol–water partition coefficient (Wildman–Crippen LogP) is 4.31. The number of sulfonamides is 1. The highest BCUT2D eigenvalue weighted by Crippen LogP contribution is 2.41. The van der Waals surface area contributed by atoms with Crippen LogP contribution in [0.5, 0.6) is 34.5 Å². The number of nitrogens with one attached hydrogen (secondary N) is 1. The van der Waals surface area contributed by atoms with Crippen LogP contribution in [-0.4, -0.2) is 54.0 Å². The van der Waals surface area contributed by atoms with Crippen molar-refractivity contribution in [3.63, 3.8) is 0 Å². The molecule has 12 nitrogen and oxygen atoms in total. The lowest BCUT2D eigenvalue weighted by molar-refractivity contribution is -0.386. The molecule has 0 fully saturated rings. The molecule has 0 aromatic heterocycles. The highest BCUT2D eigenvalue weighted by atomic mass is 32.2. The minimum atomic E-state index is -4.39. The number of nitro groups is 1. The van der Waals surface area contributed by atoms with Crippen molar-refractivity contribution < 1.29 is 42.1 Å². The van der Waals surface area contributed by atoms with Gasteiger partial charge in [0.1, 0.15) is 5.69 Å². The summed E-state index contributed by atoms with van der Waals surface area (Å²) in [6, 6.07) is 9.54. The van der Waals surface area contributed by atoms with Crippen LogP contribution in [0.4, 0.5) is 11.4 Å². The Morgan fingerprint density at radius 2 is 1.39 bits per heavy atom. The largest absolute Gasteiger partial charge is 0.503 e. The molecule has 3 rings (SSSR count). The molecule has 38 heavy (non-hydrogen) atoms. The van der Waals surface area contributed by atoms with Gasteiger partial charge in [-0.25, -0.2) is 8.42 Å². The van der Waals surface area contributed by atoms with Gasteiger partial charge in [0.15, 0.2) is 28.7 Å². The molecular weight excluding hydrogens is 520 g/mol. The van der Waals surface area contributed by atoms with Gasteiger partial charge < -0.3 is 28.8 Å². The number of anilines is 1. The summed E-state index contributed by atoms with van der Waals surface area (Å²) in [7, 11) is 2.58. The van der Waals surface area contributed by atoms with Gasteiger partial charge in [0.2, 0.25) is 5.75 Å². The maximum absolute atomic E-state index is 13.2. The third-order valence-corrected chi connectivity index (χ3v) is 6.78. The Bertz CT molecular complexity index is 1460. The maximum atomic E-state index is 13.2. The van der Waals surface area contributed by atoms with Crippen LogP contribution in [0.2, 0.25) is 0 Å². The van der Waals surface area contributed by atoms with Gasteiger partial charge >= 0.3 is 5.69 Å². The van der Waals surface area contributed by atoms with E-state index in [2.05, 4.69) is 4.72 Å². The average Bonchev–Trinajstić information content (AvgIpc) is 2.92. The summed E-state index contributed by atoms with van der Waals surface area (Å²) in [6.45, 7) is 0. The summed E-state index contributed by atoms with van der Waals surface area (Å²) in [5, 5.41) is 22.1. The van der Waals surface area contributed by atoms with Crippen molar-refractivity contribution in [1.82, 2.24) is 0 Å². The van der Waals surface area contributed by atoms with Crippen molar-refractivity contribution in [2.45, 2.75) is 4.90 Å². The van der Waals surface area contributed by atoms with E-state index in [1.165, 1.54) is 53.7 Å². The number of benzene rings is 3. The molecule has 13 heteroatoms. The number of methoxy groups -OCH3 is 5. The number of ether oxygens (including phenoxy) is 5. The molecule has 3 aromatic rings. The molecule has 3 aromatic carbocycles. The molecular formula is C25H26N2O10S. The molecule has 0 atom stereocenters. The van der Waals surface area contributed by atoms with E-state index in [1.54, 1.807) is 24.3 Å². The molecule has 0 unspecified atom stereocenters. The Morgan fingerprint density at radius 1 is 0.816 bits per heavy atom. The quantitative estimate of drug-likeness (QED) is 0.154. The van der Waals surface area contributed by atoms with E-state index >= 15 is 0 Å². The van der Waals surface area contributed by atoms with E-state index in [-0.39, 0.29) is 22.7 Å². The minimum absolute atomic E-state index is 0.00773. The molecule has 0 saturated carbocycles. The fourth-order valence-electron chi connectivity index (χ4n) is 3.56. The third kappa shape index (κ3) is 5.67. The SMILES string of the molecule is COc1ccc(S(=O)(=O)Nc2c(C=Cc3cc(OC)c(OC)c(OC)c3)ccc(OC)c2O)cc1[N+](=O)[O-]. The van der Waals surface area contributed by atoms with E-state index in [1.807, 2.05) is 0 Å². The second kappa shape index (κ2) is 11.6. The molecule has 0 bridgehead atoms. The molecule has 0 spiro atoms. The van der Waals surface area contributed by atoms with Crippen molar-refractivity contribution in [2.24, 2.45) is 0 Å². The normalized spacial score (nSPS) is 11.2. The third-order valence-electron chi connectivity index (χ3n) is 5.43. The standard InChI is InChI=1S/C25H26N2O10S/c1-33-19-11-9-17(14-18(19)27(29)30)38(31,32)26-23-16(8-10-20(34-2)24(23)28)7-6-15-12-21(35-3)25(37-5)22(13-15)36-4/h6-14,26,28H,1-5H3. The van der Waals surface area contributed by atoms with Crippen LogP contribution in [0, 0.1) is 10.1 Å². The van der Waals surface area contributed by atoms with Crippen molar-refractivity contribution in [3.05, 3.63) is 63.7 Å². The van der Waals surface area contributed by atoms with Gasteiger partial charge in [0.25, 0.3) is 10.0 Å². The summed E-state index contributed by atoms with van der Waals surface area (Å²) < 4.78 is 54.8. The molecule has 0 aliphatic carbocycles. The van der Waals surface area contributed by atoms with E-state index < -0.39 is 31.3 Å². The molecule has 0 heterocycles. The van der Waals surface area contributed by atoms with Crippen LogP contribution < -0.4 is 28.4 Å². The first kappa shape index (κ1) is 27.9. The van der Waals surface area contributed by atoms with Crippen LogP contribution in [0.15, 0.2) is 47.4 Å². The zero-order valence-electron chi connectivity index (χ0n) is 21.2. The molecule has 0 radical (unpaired) electrons. The van der Waals surface area contributed by atoms with E-state index in [0.717, 1.165) is 12.1 Å². The number of aromatic hydroxyl groups is 1. The van der Waals surface area contributed by atoms with Gasteiger partial charge in [-0.05, 0) is 42.0 Å². The van der Waals surface area contributed by atoms with Gasteiger partial charge in [0.05, 0.1) is 45.4 Å². The number of rotatable bonds is 11. The summed E-state index contributed by atoms with van der Waals surface area (Å²) in [4.78, 5) is 10.2. The minimum Gasteiger partial charge on any atom is -0.503 e. The van der Waals surface area contributed by atoms with Crippen LogP contribution in [0.25, 0.3) is 12.2 Å². The number of phenols is 1. The van der Waals surface area contributed by atoms with Crippen LogP contribution >= 0.6 is 0 Å². The first-order valence-corrected chi connectivity index (χ1v) is 12.3. The van der Waals surface area contributed by atoms with Gasteiger partial charge in [-0.3, -0.25) is 14.8 Å². The number of hydrogen-bond donors (Lipinski definition) is 2. The smallest absolute Gasteiger partial charge is 0.312 e. The Morgan fingerprint density at radius 3 is 1.92 bits per heavy atom. The number of hydrogen-bond acceptors (Lipinski definition) is 10. The molecule has 0 saturated heterocycles. The zero-order valence-corrected chi connectivity index (χ0v) is 22.0. The summed E-state index contributed by atoms with van der Waals surface area (Å²) in [5.74, 6) is 0.639. The Kier molecular flexibility index (Phi) is 8.53. The van der Waals surface area contributed by atoms with E-state index in [4.69, 9.17) is 23.7 Å². The monoisotopic (exact) mass is 546 g/mol. The fraction of sp³-hybridized carbons (Fsp3) is 0.200. The van der Waals surface area contributed by atoms with Crippen LogP contribution in [-0.2, 0) is 10.0 Å². The number of phenolic OH excluding ortho intramolecular Hbond substituents is 1. The predicted molar refractivity (Wildman–Crippen MR) is 140 cm³/mol. The highest BCUT2D eigenvalue weighted by Gasteiger charge is 2.25. The van der Waals surface area contributed by atoms with Gasteiger partial charge in [-0.1, -0.05) is 12.2 Å². The van der Waals surface area contributed by atoms with Crippen LogP contribution in [0.3, 0.4) is 0 Å². The Hall–Kier alpha value is -4.65. The second-order valence-corrected chi connectivity index (χ2v) is 9.25. The van der Waals surface area contributed by atoms with Crippen molar-refractivity contribution in [2.75, 3.05) is 40.3 Å². The fourth-order valence-corrected chi connectivity index (χ4v) is 4.67. The molecule has 0 aliphatic rings. The molecule has 202 valence electrons. The molecule has 0 amide bonds. The highest BCUT2D eigenvalue weighted by molar-refractivity contribution is 7.92. The topological polar surface area (TPSA) is 156 Å². The molecule has 2 N–H and O–H groups in total. The van der Waals surface area contributed by atoms with Gasteiger partial charge in [-0.15, -0.1) is 0 Å². The molecule has 0 aliphatic heterocycles. The number of nitrogens with zero attached hydrogens (tertiary/aromatic N) is 1. The van der Waals surface area contributed by atoms with Crippen molar-refractivity contribution in [3.8, 4) is 34.5 Å². The lowest BCUT2D eigenvalue weighted by atomic mass is 10.1. The Balaban J connectivity index is 2.09. The second-order valence-electron chi connectivity index (χ2n) is 7.57. The first-order valence-electron chi connectivity index (χ1n) is 10.8. The van der Waals surface area contributed by atoms with Crippen molar-refractivity contribution in [1.29, 1.82) is 0 Å². The van der Waals surface area contributed by atoms with Gasteiger partial charge in [0, 0.05) is 11.6 Å². The van der Waals surface area contributed by atoms with Gasteiger partial charge in [-0.2, -0.15) is 0 Å². The summed E-state index contributed by atoms with van der Waals surface area (Å²) in [6.07, 6.45) is 3.19. The number of nitro benzene ring substituents is 1. The first-order chi connectivity index (χ1) is 18.1. The van der Waals surface area contributed by atoms with Crippen LogP contribution in [0.1, 0.15) is 11.1 Å². The van der Waals surface area contributed by atoms with E-state index in [0.29, 0.717) is 22.8 Å². The van der Waals surface area contributed by atoms with E-state index in [9.17, 15) is 23.6 Å². The lowest BCUT2D eigenvalue weighted by Crippen LogP contribution is -2.14. The zero-order chi connectivity index (χ0) is 28.0. The average molecular weight is 547 g/mol. The maximum Gasteiger partial charge on any atom is 0.312 e. The van der Waals surface area contributed by atoms with Crippen molar-refractivity contribution >= 4 is 33.6 Å². The summed E-state index contributed by atoms with van der Waals surface area (Å²) >= 11 is 0.